The number of aliphatic hydroxyl groups is 1. The van der Waals surface area contributed by atoms with Crippen molar-refractivity contribution in [2.75, 3.05) is 40.7 Å². The van der Waals surface area contributed by atoms with Crippen LogP contribution >= 0.6 is 10.8 Å². The van der Waals surface area contributed by atoms with E-state index < -0.39 is 10.8 Å². The Balaban J connectivity index is -0.00000112. The van der Waals surface area contributed by atoms with Crippen molar-refractivity contribution in [3.63, 3.8) is 0 Å². The van der Waals surface area contributed by atoms with Gasteiger partial charge in [0.1, 0.15) is 0 Å². The van der Waals surface area contributed by atoms with Gasteiger partial charge in [0.15, 0.2) is 0 Å². The second kappa shape index (κ2) is 19.1. The predicted molar refractivity (Wildman–Crippen MR) is 98.7 cm³/mol. The van der Waals surface area contributed by atoms with Crippen molar-refractivity contribution in [2.45, 2.75) is 26.4 Å². The molecule has 0 aromatic carbocycles. The van der Waals surface area contributed by atoms with Crippen molar-refractivity contribution in [1.29, 1.82) is 0 Å². The van der Waals surface area contributed by atoms with Gasteiger partial charge >= 0.3 is 0 Å². The van der Waals surface area contributed by atoms with E-state index in [2.05, 4.69) is 10.2 Å². The van der Waals surface area contributed by atoms with Crippen LogP contribution in [0.3, 0.4) is 0 Å². The maximum atomic E-state index is 11.0. The van der Waals surface area contributed by atoms with Gasteiger partial charge in [-0.2, -0.15) is 0 Å². The van der Waals surface area contributed by atoms with E-state index in [4.69, 9.17) is 23.8 Å². The number of rotatable bonds is 11. The van der Waals surface area contributed by atoms with Crippen molar-refractivity contribution in [3.8, 4) is 0 Å². The van der Waals surface area contributed by atoms with Crippen LogP contribution in [0, 0.1) is 0 Å². The summed E-state index contributed by atoms with van der Waals surface area (Å²) in [5.74, 6) is -0.314. The van der Waals surface area contributed by atoms with E-state index in [1.54, 1.807) is 0 Å². The van der Waals surface area contributed by atoms with Crippen molar-refractivity contribution in [3.05, 3.63) is 12.3 Å². The van der Waals surface area contributed by atoms with Crippen LogP contribution in [0.4, 0.5) is 0 Å². The summed E-state index contributed by atoms with van der Waals surface area (Å²) in [6, 6.07) is 0. The molecule has 0 spiro atoms. The molecule has 0 fully saturated rings. The predicted octanol–water partition coefficient (Wildman–Crippen LogP) is 0.561. The van der Waals surface area contributed by atoms with E-state index in [0.717, 1.165) is 7.11 Å². The molecule has 0 radical (unpaired) electrons. The molecule has 0 aliphatic rings. The summed E-state index contributed by atoms with van der Waals surface area (Å²) in [7, 11) is 1.03. The van der Waals surface area contributed by atoms with Gasteiger partial charge in [-0.25, -0.2) is 0 Å². The van der Waals surface area contributed by atoms with Crippen LogP contribution < -0.4 is 10.2 Å². The summed E-state index contributed by atoms with van der Waals surface area (Å²) >= 11 is 0. The lowest BCUT2D eigenvalue weighted by Crippen LogP contribution is -2.29. The Morgan fingerprint density at radius 1 is 1.32 bits per heavy atom. The standard InChI is InChI=1S/C11H23N3O6S.C2H6.CH4O/c1-12-11(16)5-7-14(9-15)6-4-10(19-2)8-20-13-21(3,17)18;2*1-2/h5,7,9-10,13,17-18H,4,6,8H2,1-3H3,(H,12,16);1-2H3;2H,1H3/b7-5-;;. The Morgan fingerprint density at radius 3 is 2.28 bits per heavy atom. The number of carbonyl (C=O) groups excluding carboxylic acids is 2. The summed E-state index contributed by atoms with van der Waals surface area (Å²) in [5.41, 5.74) is 0. The van der Waals surface area contributed by atoms with Crippen LogP contribution in [-0.2, 0) is 19.2 Å². The third-order valence-corrected chi connectivity index (χ3v) is 2.76. The van der Waals surface area contributed by atoms with Gasteiger partial charge in [-0.3, -0.25) is 23.5 Å². The smallest absolute Gasteiger partial charge is 0.245 e. The molecular weight excluding hydrogens is 354 g/mol. The zero-order chi connectivity index (χ0) is 20.3. The summed E-state index contributed by atoms with van der Waals surface area (Å²) in [5, 5.41) is 9.40. The molecule has 0 saturated heterocycles. The van der Waals surface area contributed by atoms with Gasteiger partial charge in [0.05, 0.1) is 12.7 Å². The normalized spacial score (nSPS) is 12.2. The van der Waals surface area contributed by atoms with Crippen molar-refractivity contribution < 1.29 is 33.4 Å². The first kappa shape index (κ1) is 28.6. The first-order valence-corrected chi connectivity index (χ1v) is 9.48. The Labute approximate surface area is 151 Å². The molecule has 10 nitrogen and oxygen atoms in total. The van der Waals surface area contributed by atoms with Crippen LogP contribution in [0.1, 0.15) is 20.3 Å². The largest absolute Gasteiger partial charge is 0.400 e. The summed E-state index contributed by atoms with van der Waals surface area (Å²) in [6.45, 7) is 4.40. The monoisotopic (exact) mass is 387 g/mol. The van der Waals surface area contributed by atoms with E-state index >= 15 is 0 Å². The van der Waals surface area contributed by atoms with E-state index in [9.17, 15) is 9.59 Å². The highest BCUT2D eigenvalue weighted by molar-refractivity contribution is 8.21. The third kappa shape index (κ3) is 20.7. The zero-order valence-corrected chi connectivity index (χ0v) is 16.6. The Kier molecular flexibility index (Phi) is 21.9. The van der Waals surface area contributed by atoms with Gasteiger partial charge in [-0.1, -0.05) is 18.7 Å². The Hall–Kier alpha value is -1.21. The SMILES string of the molecule is CC.CNC(=O)/C=C\N(C=O)CCC(CONS(C)(O)O)OC.CO. The molecule has 5 N–H and O–H groups in total. The highest BCUT2D eigenvalue weighted by atomic mass is 32.3. The Morgan fingerprint density at radius 2 is 1.88 bits per heavy atom. The highest BCUT2D eigenvalue weighted by Gasteiger charge is 2.11. The fraction of sp³-hybridized carbons (Fsp3) is 0.714. The molecule has 0 rings (SSSR count). The van der Waals surface area contributed by atoms with Gasteiger partial charge in [0.2, 0.25) is 12.3 Å². The highest BCUT2D eigenvalue weighted by Crippen LogP contribution is 2.26. The number of ether oxygens (including phenoxy) is 1. The molecule has 0 bridgehead atoms. The number of nitrogens with one attached hydrogen (secondary N) is 2. The molecule has 0 aliphatic heterocycles. The van der Waals surface area contributed by atoms with Crippen LogP contribution in [0.15, 0.2) is 12.3 Å². The molecule has 25 heavy (non-hydrogen) atoms. The third-order valence-electron chi connectivity index (χ3n) is 2.33. The number of amides is 2. The van der Waals surface area contributed by atoms with E-state index in [-0.39, 0.29) is 18.6 Å². The van der Waals surface area contributed by atoms with Gasteiger partial charge in [0, 0.05) is 46.3 Å². The van der Waals surface area contributed by atoms with Gasteiger partial charge in [0.25, 0.3) is 0 Å². The quantitative estimate of drug-likeness (QED) is 0.197. The van der Waals surface area contributed by atoms with E-state index in [1.807, 2.05) is 13.8 Å². The second-order valence-electron chi connectivity index (χ2n) is 4.15. The zero-order valence-electron chi connectivity index (χ0n) is 15.8. The summed E-state index contributed by atoms with van der Waals surface area (Å²) < 4.78 is 23.3. The van der Waals surface area contributed by atoms with Crippen LogP contribution in [-0.4, -0.2) is 78.2 Å². The van der Waals surface area contributed by atoms with Crippen molar-refractivity contribution >= 4 is 23.1 Å². The van der Waals surface area contributed by atoms with Crippen LogP contribution in [0.2, 0.25) is 0 Å². The second-order valence-corrected chi connectivity index (χ2v) is 5.98. The molecule has 1 atom stereocenters. The maximum Gasteiger partial charge on any atom is 0.245 e. The molecule has 1 unspecified atom stereocenters. The number of methoxy groups -OCH3 is 1. The number of aliphatic hydroxyl groups excluding tert-OH is 1. The van der Waals surface area contributed by atoms with Crippen LogP contribution in [0.25, 0.3) is 0 Å². The van der Waals surface area contributed by atoms with Gasteiger partial charge in [-0.05, 0) is 6.42 Å². The first-order chi connectivity index (χ1) is 11.8. The minimum Gasteiger partial charge on any atom is -0.400 e. The minimum atomic E-state index is -2.93. The van der Waals surface area contributed by atoms with Crippen molar-refractivity contribution in [2.24, 2.45) is 0 Å². The lowest BCUT2D eigenvalue weighted by molar-refractivity contribution is -0.116. The average Bonchev–Trinajstić information content (AvgIpc) is 2.62. The Bertz CT molecular complexity index is 352. The molecule has 0 aromatic heterocycles. The topological polar surface area (TPSA) is 141 Å². The van der Waals surface area contributed by atoms with E-state index in [0.29, 0.717) is 19.4 Å². The molecule has 0 heterocycles. The summed E-state index contributed by atoms with van der Waals surface area (Å²) in [4.78, 5) is 30.2. The number of hydrogen-bond donors (Lipinski definition) is 5. The number of carbonyl (C=O) groups is 2. The molecular formula is C14H33N3O7S. The summed E-state index contributed by atoms with van der Waals surface area (Å²) in [6.07, 6.45) is 4.47. The van der Waals surface area contributed by atoms with Gasteiger partial charge in [-0.15, -0.1) is 10.8 Å². The van der Waals surface area contributed by atoms with Crippen molar-refractivity contribution in [1.82, 2.24) is 15.1 Å². The van der Waals surface area contributed by atoms with Crippen LogP contribution in [0.5, 0.6) is 0 Å². The number of nitrogens with zero attached hydrogens (tertiary/aromatic N) is 1. The maximum absolute atomic E-state index is 11.0. The molecule has 152 valence electrons. The fourth-order valence-corrected chi connectivity index (χ4v) is 1.50. The molecule has 2 amide bonds. The molecule has 0 saturated carbocycles. The number of likely N-dealkylation sites (N-methyl/N-ethyl adjacent to an activating group) is 1. The lowest BCUT2D eigenvalue weighted by atomic mass is 10.2. The minimum absolute atomic E-state index is 0.0755. The average molecular weight is 387 g/mol. The molecule has 0 aromatic rings. The number of hydrogen-bond acceptors (Lipinski definition) is 8. The lowest BCUT2D eigenvalue weighted by Gasteiger charge is -2.27. The van der Waals surface area contributed by atoms with E-state index in [1.165, 1.54) is 37.6 Å². The molecule has 0 aliphatic carbocycles. The fourth-order valence-electron chi connectivity index (χ4n) is 1.21. The van der Waals surface area contributed by atoms with Gasteiger partial charge < -0.3 is 20.1 Å². The first-order valence-electron chi connectivity index (χ1n) is 7.52. The molecule has 11 heteroatoms.